The van der Waals surface area contributed by atoms with E-state index >= 15 is 0 Å². The Labute approximate surface area is 234 Å². The lowest BCUT2D eigenvalue weighted by molar-refractivity contribution is -0.122. The van der Waals surface area contributed by atoms with E-state index in [0.29, 0.717) is 27.9 Å². The molecule has 2 aliphatic rings. The molecule has 2 aliphatic heterocycles. The number of carbonyl (C=O) groups is 1. The molecule has 0 radical (unpaired) electrons. The van der Waals surface area contributed by atoms with Crippen molar-refractivity contribution in [2.75, 3.05) is 37.6 Å². The predicted octanol–water partition coefficient (Wildman–Crippen LogP) is 4.62. The van der Waals surface area contributed by atoms with Gasteiger partial charge in [-0.3, -0.25) is 24.0 Å². The van der Waals surface area contributed by atoms with E-state index in [9.17, 15) is 14.9 Å². The van der Waals surface area contributed by atoms with Crippen molar-refractivity contribution in [1.82, 2.24) is 14.4 Å². The average Bonchev–Trinajstić information content (AvgIpc) is 3.15. The topological polar surface area (TPSA) is 72.6 Å². The summed E-state index contributed by atoms with van der Waals surface area (Å²) in [7, 11) is 0. The van der Waals surface area contributed by atoms with Crippen LogP contribution in [-0.2, 0) is 17.9 Å². The van der Waals surface area contributed by atoms with Crippen molar-refractivity contribution in [3.05, 3.63) is 67.8 Å². The highest BCUT2D eigenvalue weighted by Gasteiger charge is 2.34. The number of pyridine rings is 1. The SMILES string of the molecule is CCCn1c(N2CCN(Cc3ccccc3)CC2)c(C=C2SC(=S)N(CC(C)C)C2=O)c(C)c(C#N)c1=O. The number of piperazine rings is 1. The zero-order valence-electron chi connectivity index (χ0n) is 22.6. The van der Waals surface area contributed by atoms with Crippen LogP contribution in [-0.4, -0.2) is 57.3 Å². The molecule has 1 aromatic heterocycles. The zero-order chi connectivity index (χ0) is 27.4. The van der Waals surface area contributed by atoms with E-state index < -0.39 is 0 Å². The van der Waals surface area contributed by atoms with Gasteiger partial charge in [0.1, 0.15) is 21.8 Å². The van der Waals surface area contributed by atoms with Crippen LogP contribution >= 0.6 is 24.0 Å². The molecule has 7 nitrogen and oxygen atoms in total. The summed E-state index contributed by atoms with van der Waals surface area (Å²) < 4.78 is 2.28. The smallest absolute Gasteiger partial charge is 0.270 e. The molecular formula is C29H35N5O2S2. The Balaban J connectivity index is 1.73. The van der Waals surface area contributed by atoms with E-state index in [1.165, 1.54) is 17.3 Å². The van der Waals surface area contributed by atoms with Gasteiger partial charge in [-0.15, -0.1) is 0 Å². The van der Waals surface area contributed by atoms with Gasteiger partial charge >= 0.3 is 0 Å². The van der Waals surface area contributed by atoms with Gasteiger partial charge in [0.2, 0.25) is 0 Å². The molecule has 0 aliphatic carbocycles. The van der Waals surface area contributed by atoms with Crippen LogP contribution in [0.3, 0.4) is 0 Å². The molecule has 0 atom stereocenters. The van der Waals surface area contributed by atoms with E-state index in [1.54, 1.807) is 9.47 Å². The van der Waals surface area contributed by atoms with E-state index in [-0.39, 0.29) is 22.9 Å². The normalized spacial score (nSPS) is 17.6. The molecule has 0 spiro atoms. The molecule has 200 valence electrons. The van der Waals surface area contributed by atoms with E-state index in [1.807, 2.05) is 26.0 Å². The molecule has 4 rings (SSSR count). The summed E-state index contributed by atoms with van der Waals surface area (Å²) in [6, 6.07) is 12.6. The number of hydrogen-bond donors (Lipinski definition) is 0. The lowest BCUT2D eigenvalue weighted by Crippen LogP contribution is -2.48. The second kappa shape index (κ2) is 12.3. The van der Waals surface area contributed by atoms with Crippen molar-refractivity contribution in [2.24, 2.45) is 5.92 Å². The molecule has 0 N–H and O–H groups in total. The molecule has 1 amide bonds. The van der Waals surface area contributed by atoms with Crippen molar-refractivity contribution < 1.29 is 4.79 Å². The molecule has 9 heteroatoms. The van der Waals surface area contributed by atoms with Crippen molar-refractivity contribution in [3.8, 4) is 6.07 Å². The first-order valence-electron chi connectivity index (χ1n) is 13.2. The fraction of sp³-hybridized carbons (Fsp3) is 0.448. The fourth-order valence-electron chi connectivity index (χ4n) is 5.03. The Kier molecular flexibility index (Phi) is 9.08. The standard InChI is InChI=1S/C29H35N5O2S2/c1-5-11-33-26(32-14-12-31(13-15-32)19-22-9-7-6-8-10-22)23(21(4)24(17-30)27(33)35)16-25-28(36)34(18-20(2)3)29(37)38-25/h6-10,16,20H,5,11-15,18-19H2,1-4H3. The summed E-state index contributed by atoms with van der Waals surface area (Å²) in [4.78, 5) is 33.6. The third-order valence-electron chi connectivity index (χ3n) is 6.91. The Morgan fingerprint density at radius 1 is 1.13 bits per heavy atom. The van der Waals surface area contributed by atoms with E-state index in [4.69, 9.17) is 12.2 Å². The second-order valence-electron chi connectivity index (χ2n) is 10.2. The number of nitriles is 1. The van der Waals surface area contributed by atoms with Gasteiger partial charge in [0, 0.05) is 51.4 Å². The molecule has 0 bridgehead atoms. The van der Waals surface area contributed by atoms with Crippen LogP contribution in [0.5, 0.6) is 0 Å². The van der Waals surface area contributed by atoms with Crippen LogP contribution in [0, 0.1) is 24.2 Å². The Morgan fingerprint density at radius 2 is 1.82 bits per heavy atom. The summed E-state index contributed by atoms with van der Waals surface area (Å²) in [5.41, 5.74) is 2.52. The number of thioether (sulfide) groups is 1. The molecule has 0 unspecified atom stereocenters. The Hall–Kier alpha value is -2.93. The van der Waals surface area contributed by atoms with E-state index in [0.717, 1.165) is 50.5 Å². The number of thiocarbonyl (C=S) groups is 1. The summed E-state index contributed by atoms with van der Waals surface area (Å²) in [6.07, 6.45) is 2.61. The largest absolute Gasteiger partial charge is 0.355 e. The summed E-state index contributed by atoms with van der Waals surface area (Å²) in [6.45, 7) is 13.1. The minimum absolute atomic E-state index is 0.113. The van der Waals surface area contributed by atoms with Gasteiger partial charge in [-0.2, -0.15) is 5.26 Å². The number of anilines is 1. The zero-order valence-corrected chi connectivity index (χ0v) is 24.2. The highest BCUT2D eigenvalue weighted by Crippen LogP contribution is 2.36. The van der Waals surface area contributed by atoms with Crippen molar-refractivity contribution in [2.45, 2.75) is 47.2 Å². The van der Waals surface area contributed by atoms with Crippen LogP contribution in [0.4, 0.5) is 5.82 Å². The maximum atomic E-state index is 13.4. The summed E-state index contributed by atoms with van der Waals surface area (Å²) >= 11 is 6.82. The maximum absolute atomic E-state index is 13.4. The first-order valence-corrected chi connectivity index (χ1v) is 14.4. The number of amides is 1. The second-order valence-corrected chi connectivity index (χ2v) is 11.9. The quantitative estimate of drug-likeness (QED) is 0.352. The van der Waals surface area contributed by atoms with E-state index in [2.05, 4.69) is 54.0 Å². The van der Waals surface area contributed by atoms with Crippen LogP contribution in [0.25, 0.3) is 6.08 Å². The Bertz CT molecular complexity index is 1340. The van der Waals surface area contributed by atoms with Gasteiger partial charge in [0.05, 0.1) is 4.91 Å². The fourth-order valence-corrected chi connectivity index (χ4v) is 6.29. The first-order chi connectivity index (χ1) is 18.2. The molecular weight excluding hydrogens is 514 g/mol. The minimum Gasteiger partial charge on any atom is -0.355 e. The number of rotatable bonds is 8. The lowest BCUT2D eigenvalue weighted by Gasteiger charge is -2.38. The van der Waals surface area contributed by atoms with Crippen molar-refractivity contribution in [1.29, 1.82) is 5.26 Å². The van der Waals surface area contributed by atoms with Crippen LogP contribution in [0.1, 0.15) is 49.4 Å². The number of aromatic nitrogens is 1. The first kappa shape index (κ1) is 28.1. The summed E-state index contributed by atoms with van der Waals surface area (Å²) in [5.74, 6) is 0.971. The molecule has 2 saturated heterocycles. The number of hydrogen-bond acceptors (Lipinski definition) is 7. The molecule has 2 aromatic rings. The van der Waals surface area contributed by atoms with Gasteiger partial charge in [-0.05, 0) is 36.5 Å². The number of carbonyl (C=O) groups excluding carboxylic acids is 1. The van der Waals surface area contributed by atoms with Gasteiger partial charge in [-0.25, -0.2) is 0 Å². The average molecular weight is 550 g/mol. The third-order valence-corrected chi connectivity index (χ3v) is 8.29. The Morgan fingerprint density at radius 3 is 2.42 bits per heavy atom. The molecule has 38 heavy (non-hydrogen) atoms. The third kappa shape index (κ3) is 5.88. The summed E-state index contributed by atoms with van der Waals surface area (Å²) in [5, 5.41) is 9.88. The minimum atomic E-state index is -0.266. The lowest BCUT2D eigenvalue weighted by atomic mass is 10.0. The monoisotopic (exact) mass is 549 g/mol. The highest BCUT2D eigenvalue weighted by molar-refractivity contribution is 8.26. The van der Waals surface area contributed by atoms with Gasteiger partial charge in [0.15, 0.2) is 0 Å². The van der Waals surface area contributed by atoms with Crippen LogP contribution < -0.4 is 10.5 Å². The molecule has 3 heterocycles. The molecule has 1 aromatic carbocycles. The van der Waals surface area contributed by atoms with Gasteiger partial charge in [-0.1, -0.05) is 75.1 Å². The number of nitrogens with zero attached hydrogens (tertiary/aromatic N) is 5. The maximum Gasteiger partial charge on any atom is 0.270 e. The van der Waals surface area contributed by atoms with Crippen LogP contribution in [0.15, 0.2) is 40.0 Å². The predicted molar refractivity (Wildman–Crippen MR) is 159 cm³/mol. The molecule has 2 fully saturated rings. The molecule has 0 saturated carbocycles. The van der Waals surface area contributed by atoms with Crippen molar-refractivity contribution in [3.63, 3.8) is 0 Å². The van der Waals surface area contributed by atoms with Crippen molar-refractivity contribution >= 4 is 46.1 Å². The van der Waals surface area contributed by atoms with Crippen LogP contribution in [0.2, 0.25) is 0 Å². The highest BCUT2D eigenvalue weighted by atomic mass is 32.2. The number of benzene rings is 1. The van der Waals surface area contributed by atoms with Gasteiger partial charge < -0.3 is 4.90 Å². The van der Waals surface area contributed by atoms with Gasteiger partial charge in [0.25, 0.3) is 11.5 Å².